The van der Waals surface area contributed by atoms with Gasteiger partial charge in [0, 0.05) is 32.2 Å². The van der Waals surface area contributed by atoms with Gasteiger partial charge in [0.05, 0.1) is 29.1 Å². The smallest absolute Gasteiger partial charge is 0.409 e. The third-order valence-electron chi connectivity index (χ3n) is 7.19. The molecule has 2 aliphatic carbocycles. The van der Waals surface area contributed by atoms with Crippen LogP contribution in [0.4, 0.5) is 21.9 Å². The molecule has 3 amide bonds. The van der Waals surface area contributed by atoms with Gasteiger partial charge in [-0.05, 0) is 36.8 Å². The molecule has 2 saturated heterocycles. The lowest BCUT2D eigenvalue weighted by Gasteiger charge is -2.35. The van der Waals surface area contributed by atoms with Gasteiger partial charge in [-0.15, -0.1) is 0 Å². The van der Waals surface area contributed by atoms with E-state index >= 15 is 0 Å². The van der Waals surface area contributed by atoms with Crippen molar-refractivity contribution in [2.45, 2.75) is 19.8 Å². The first-order valence-corrected chi connectivity index (χ1v) is 11.4. The number of anilines is 2. The summed E-state index contributed by atoms with van der Waals surface area (Å²) in [5.41, 5.74) is 0.496. The molecule has 2 aliphatic heterocycles. The molecule has 1 saturated carbocycles. The predicted octanol–water partition coefficient (Wildman–Crippen LogP) is 2.57. The Morgan fingerprint density at radius 2 is 1.73 bits per heavy atom. The molecule has 3 fully saturated rings. The minimum Gasteiger partial charge on any atom is -0.449 e. The summed E-state index contributed by atoms with van der Waals surface area (Å²) in [6.07, 6.45) is 5.23. The lowest BCUT2D eigenvalue weighted by Crippen LogP contribution is -2.49. The van der Waals surface area contributed by atoms with E-state index in [1.54, 1.807) is 17.0 Å². The summed E-state index contributed by atoms with van der Waals surface area (Å²) in [6.45, 7) is 3.90. The minimum atomic E-state index is -0.488. The summed E-state index contributed by atoms with van der Waals surface area (Å²) >= 11 is 0. The van der Waals surface area contributed by atoms with Crippen molar-refractivity contribution in [2.24, 2.45) is 23.7 Å². The fraction of sp³-hybridized carbons (Fsp3) is 0.522. The van der Waals surface area contributed by atoms with E-state index in [0.29, 0.717) is 38.5 Å². The van der Waals surface area contributed by atoms with Crippen LogP contribution >= 0.6 is 0 Å². The number of allylic oxidation sites excluding steroid dienone is 2. The van der Waals surface area contributed by atoms with E-state index in [2.05, 4.69) is 0 Å². The molecule has 4 atom stereocenters. The van der Waals surface area contributed by atoms with Gasteiger partial charge >= 0.3 is 6.09 Å². The first-order chi connectivity index (χ1) is 15.9. The Labute approximate surface area is 190 Å². The van der Waals surface area contributed by atoms with E-state index in [1.165, 1.54) is 6.07 Å². The molecule has 1 unspecified atom stereocenters. The summed E-state index contributed by atoms with van der Waals surface area (Å²) < 4.78 is 5.16. The van der Waals surface area contributed by atoms with Crippen molar-refractivity contribution in [1.29, 1.82) is 0 Å². The zero-order valence-electron chi connectivity index (χ0n) is 18.4. The van der Waals surface area contributed by atoms with Gasteiger partial charge in [-0.3, -0.25) is 19.7 Å². The van der Waals surface area contributed by atoms with E-state index in [9.17, 15) is 24.5 Å². The Morgan fingerprint density at radius 3 is 2.30 bits per heavy atom. The normalized spacial score (nSPS) is 28.0. The van der Waals surface area contributed by atoms with Crippen molar-refractivity contribution in [3.05, 3.63) is 40.5 Å². The molecule has 1 aromatic rings. The molecular formula is C23H26N4O6. The van der Waals surface area contributed by atoms with Crippen LogP contribution in [0.1, 0.15) is 19.8 Å². The summed E-state index contributed by atoms with van der Waals surface area (Å²) in [5, 5.41) is 11.9. The molecular weight excluding hydrogens is 428 g/mol. The second-order valence-electron chi connectivity index (χ2n) is 9.03. The fourth-order valence-electron chi connectivity index (χ4n) is 5.63. The van der Waals surface area contributed by atoms with Gasteiger partial charge in [0.2, 0.25) is 11.8 Å². The molecule has 4 aliphatic rings. The number of imide groups is 1. The van der Waals surface area contributed by atoms with Crippen molar-refractivity contribution < 1.29 is 24.0 Å². The van der Waals surface area contributed by atoms with Gasteiger partial charge in [-0.2, -0.15) is 0 Å². The standard InChI is InChI=1S/C23H26N4O6/c1-2-11-33-23(30)25-9-7-24(8-10-25)17-6-5-16(13-18(17)27(31)32)26-21(28)19-14-3-4-15(12-14)20(19)22(26)29/h3-6,13-15,19-20H,2,7-12H2,1H3/t14-,15+,19-,20?/m1/s1. The number of hydrogen-bond acceptors (Lipinski definition) is 7. The highest BCUT2D eigenvalue weighted by atomic mass is 16.6. The van der Waals surface area contributed by atoms with Gasteiger partial charge in [0.15, 0.2) is 0 Å². The maximum atomic E-state index is 13.1. The van der Waals surface area contributed by atoms with Crippen molar-refractivity contribution in [3.63, 3.8) is 0 Å². The van der Waals surface area contributed by atoms with Crippen LogP contribution in [-0.2, 0) is 14.3 Å². The topological polar surface area (TPSA) is 113 Å². The number of hydrogen-bond donors (Lipinski definition) is 0. The average Bonchev–Trinajstić information content (AvgIpc) is 3.51. The molecule has 0 spiro atoms. The van der Waals surface area contributed by atoms with Crippen LogP contribution < -0.4 is 9.80 Å². The van der Waals surface area contributed by atoms with E-state index in [0.717, 1.165) is 17.7 Å². The summed E-state index contributed by atoms with van der Waals surface area (Å²) in [6, 6.07) is 4.53. The molecule has 10 heteroatoms. The predicted molar refractivity (Wildman–Crippen MR) is 119 cm³/mol. The average molecular weight is 454 g/mol. The Bertz CT molecular complexity index is 1020. The van der Waals surface area contributed by atoms with Gasteiger partial charge in [0.1, 0.15) is 5.69 Å². The number of fused-ring (bicyclic) bond motifs is 5. The number of carbonyl (C=O) groups is 3. The van der Waals surface area contributed by atoms with Gasteiger partial charge in [0.25, 0.3) is 5.69 Å². The highest BCUT2D eigenvalue weighted by Gasteiger charge is 2.59. The second kappa shape index (κ2) is 8.17. The van der Waals surface area contributed by atoms with Crippen LogP contribution in [0.3, 0.4) is 0 Å². The number of rotatable bonds is 5. The number of nitro benzene ring substituents is 1. The van der Waals surface area contributed by atoms with Crippen molar-refractivity contribution in [1.82, 2.24) is 4.90 Å². The summed E-state index contributed by atoms with van der Waals surface area (Å²) in [7, 11) is 0. The largest absolute Gasteiger partial charge is 0.449 e. The first kappa shape index (κ1) is 21.4. The van der Waals surface area contributed by atoms with E-state index in [4.69, 9.17) is 4.74 Å². The number of nitro groups is 1. The van der Waals surface area contributed by atoms with Crippen LogP contribution in [-0.4, -0.2) is 60.5 Å². The number of nitrogens with zero attached hydrogens (tertiary/aromatic N) is 4. The van der Waals surface area contributed by atoms with Crippen LogP contribution in [0, 0.1) is 33.8 Å². The highest BCUT2D eigenvalue weighted by molar-refractivity contribution is 6.23. The van der Waals surface area contributed by atoms with Crippen LogP contribution in [0.5, 0.6) is 0 Å². The van der Waals surface area contributed by atoms with Gasteiger partial charge < -0.3 is 14.5 Å². The fourth-order valence-corrected chi connectivity index (χ4v) is 5.63. The summed E-state index contributed by atoms with van der Waals surface area (Å²) in [5.74, 6) is -1.07. The molecule has 0 radical (unpaired) electrons. The zero-order chi connectivity index (χ0) is 23.3. The van der Waals surface area contributed by atoms with E-state index in [1.807, 2.05) is 24.0 Å². The highest BCUT2D eigenvalue weighted by Crippen LogP contribution is 2.53. The number of benzene rings is 1. The zero-order valence-corrected chi connectivity index (χ0v) is 18.4. The van der Waals surface area contributed by atoms with E-state index < -0.39 is 4.92 Å². The Kier molecular flexibility index (Phi) is 5.30. The molecule has 0 N–H and O–H groups in total. The number of carbonyl (C=O) groups excluding carboxylic acids is 3. The van der Waals surface area contributed by atoms with Crippen LogP contribution in [0.15, 0.2) is 30.4 Å². The van der Waals surface area contributed by atoms with Gasteiger partial charge in [-0.25, -0.2) is 9.69 Å². The SMILES string of the molecule is CCCOC(=O)N1CCN(c2ccc(N3C(=O)C4[C@H]5C=C[C@H](C5)[C@H]4C3=O)cc2[N+](=O)[O-])CC1. The Hall–Kier alpha value is -3.43. The second-order valence-corrected chi connectivity index (χ2v) is 9.03. The van der Waals surface area contributed by atoms with E-state index in [-0.39, 0.29) is 53.0 Å². The van der Waals surface area contributed by atoms with Gasteiger partial charge in [-0.1, -0.05) is 19.1 Å². The number of piperazine rings is 1. The molecule has 2 bridgehead atoms. The monoisotopic (exact) mass is 454 g/mol. The maximum Gasteiger partial charge on any atom is 0.409 e. The Morgan fingerprint density at radius 1 is 1.09 bits per heavy atom. The molecule has 0 aromatic heterocycles. The molecule has 1 aromatic carbocycles. The molecule has 10 nitrogen and oxygen atoms in total. The van der Waals surface area contributed by atoms with Crippen molar-refractivity contribution >= 4 is 35.0 Å². The number of ether oxygens (including phenoxy) is 1. The lowest BCUT2D eigenvalue weighted by atomic mass is 9.85. The molecule has 2 heterocycles. The molecule has 5 rings (SSSR count). The Balaban J connectivity index is 1.35. The third kappa shape index (κ3) is 3.44. The minimum absolute atomic E-state index is 0.0796. The van der Waals surface area contributed by atoms with Crippen molar-refractivity contribution in [2.75, 3.05) is 42.6 Å². The first-order valence-electron chi connectivity index (χ1n) is 11.4. The quantitative estimate of drug-likeness (QED) is 0.291. The summed E-state index contributed by atoms with van der Waals surface area (Å²) in [4.78, 5) is 54.2. The number of amides is 3. The molecule has 174 valence electrons. The molecule has 33 heavy (non-hydrogen) atoms. The lowest BCUT2D eigenvalue weighted by molar-refractivity contribution is -0.384. The maximum absolute atomic E-state index is 13.1. The van der Waals surface area contributed by atoms with Crippen LogP contribution in [0.2, 0.25) is 0 Å². The third-order valence-corrected chi connectivity index (χ3v) is 7.19. The van der Waals surface area contributed by atoms with Crippen LogP contribution in [0.25, 0.3) is 0 Å². The van der Waals surface area contributed by atoms with Crippen molar-refractivity contribution in [3.8, 4) is 0 Å².